The van der Waals surface area contributed by atoms with E-state index in [4.69, 9.17) is 22.6 Å². The second kappa shape index (κ2) is 5.28. The van der Waals surface area contributed by atoms with Crippen LogP contribution in [0, 0.1) is 5.41 Å². The summed E-state index contributed by atoms with van der Waals surface area (Å²) in [5.41, 5.74) is 18.7. The van der Waals surface area contributed by atoms with Crippen molar-refractivity contribution in [2.24, 2.45) is 5.73 Å². The highest BCUT2D eigenvalue weighted by Gasteiger charge is 2.30. The lowest BCUT2D eigenvalue weighted by molar-refractivity contribution is 0.100. The second-order valence-corrected chi connectivity index (χ2v) is 5.60. The zero-order chi connectivity index (χ0) is 16.7. The lowest BCUT2D eigenvalue weighted by atomic mass is 10.1. The number of benzene rings is 1. The molecule has 3 rings (SSSR count). The highest BCUT2D eigenvalue weighted by Crippen LogP contribution is 2.39. The normalized spacial score (nSPS) is 13.7. The van der Waals surface area contributed by atoms with Crippen LogP contribution < -0.4 is 22.8 Å². The Balaban J connectivity index is 2.39. The summed E-state index contributed by atoms with van der Waals surface area (Å²) >= 11 is 0. The number of amides is 1. The van der Waals surface area contributed by atoms with Crippen molar-refractivity contribution in [3.63, 3.8) is 0 Å². The number of primary amides is 1. The van der Waals surface area contributed by atoms with E-state index in [1.54, 1.807) is 18.2 Å². The van der Waals surface area contributed by atoms with Gasteiger partial charge in [-0.05, 0) is 37.0 Å². The molecule has 0 bridgehead atoms. The molecule has 0 aliphatic heterocycles. The van der Waals surface area contributed by atoms with Gasteiger partial charge in [0.15, 0.2) is 0 Å². The topological polar surface area (TPSA) is 141 Å². The SMILES string of the molecule is N=Cc1c(N)cccc1-n1c(N)c(C(N)=O)cc(C2CC2)c1=O. The number of hydrogen-bond donors (Lipinski definition) is 4. The van der Waals surface area contributed by atoms with Gasteiger partial charge < -0.3 is 22.6 Å². The van der Waals surface area contributed by atoms with Crippen molar-refractivity contribution in [3.8, 4) is 5.69 Å². The average molecular weight is 311 g/mol. The number of aromatic nitrogens is 1. The molecule has 7 nitrogen and oxygen atoms in total. The lowest BCUT2D eigenvalue weighted by Gasteiger charge is -2.17. The second-order valence-electron chi connectivity index (χ2n) is 5.60. The summed E-state index contributed by atoms with van der Waals surface area (Å²) in [6.07, 6.45) is 2.85. The Morgan fingerprint density at radius 2 is 2.00 bits per heavy atom. The summed E-state index contributed by atoms with van der Waals surface area (Å²) in [5.74, 6) is -0.615. The van der Waals surface area contributed by atoms with Crippen LogP contribution in [0.5, 0.6) is 0 Å². The minimum absolute atomic E-state index is 0.0411. The number of rotatable bonds is 4. The van der Waals surface area contributed by atoms with Gasteiger partial charge in [-0.25, -0.2) is 0 Å². The molecule has 0 saturated heterocycles. The fourth-order valence-electron chi connectivity index (χ4n) is 2.70. The van der Waals surface area contributed by atoms with E-state index in [9.17, 15) is 9.59 Å². The number of hydrogen-bond acceptors (Lipinski definition) is 5. The molecule has 1 heterocycles. The van der Waals surface area contributed by atoms with Gasteiger partial charge >= 0.3 is 0 Å². The minimum atomic E-state index is -0.696. The Morgan fingerprint density at radius 3 is 2.57 bits per heavy atom. The third kappa shape index (κ3) is 2.36. The van der Waals surface area contributed by atoms with Gasteiger partial charge in [0.2, 0.25) is 0 Å². The predicted octanol–water partition coefficient (Wildman–Crippen LogP) is 0.976. The third-order valence-corrected chi connectivity index (χ3v) is 4.05. The number of nitrogen functional groups attached to an aromatic ring is 2. The molecule has 7 N–H and O–H groups in total. The molecule has 1 amide bonds. The molecular formula is C16H17N5O2. The molecular weight excluding hydrogens is 294 g/mol. The van der Waals surface area contributed by atoms with Crippen molar-refractivity contribution in [3.05, 3.63) is 51.3 Å². The van der Waals surface area contributed by atoms with Crippen LogP contribution in [0.4, 0.5) is 11.5 Å². The number of carbonyl (C=O) groups excluding carboxylic acids is 1. The Kier molecular flexibility index (Phi) is 3.40. The first-order chi connectivity index (χ1) is 11.0. The Bertz CT molecular complexity index is 881. The third-order valence-electron chi connectivity index (χ3n) is 4.05. The zero-order valence-corrected chi connectivity index (χ0v) is 12.4. The fraction of sp³-hybridized carbons (Fsp3) is 0.188. The monoisotopic (exact) mass is 311 g/mol. The quantitative estimate of drug-likeness (QED) is 0.493. The van der Waals surface area contributed by atoms with Gasteiger partial charge in [-0.3, -0.25) is 14.2 Å². The van der Waals surface area contributed by atoms with Crippen molar-refractivity contribution < 1.29 is 4.79 Å². The molecule has 0 spiro atoms. The molecule has 1 fully saturated rings. The summed E-state index contributed by atoms with van der Waals surface area (Å²) in [4.78, 5) is 24.5. The van der Waals surface area contributed by atoms with E-state index >= 15 is 0 Å². The lowest BCUT2D eigenvalue weighted by Crippen LogP contribution is -2.29. The van der Waals surface area contributed by atoms with Gasteiger partial charge in [0, 0.05) is 23.0 Å². The van der Waals surface area contributed by atoms with Gasteiger partial charge in [-0.1, -0.05) is 6.07 Å². The largest absolute Gasteiger partial charge is 0.398 e. The van der Waals surface area contributed by atoms with Crippen molar-refractivity contribution in [1.82, 2.24) is 4.57 Å². The molecule has 1 aliphatic rings. The molecule has 2 aromatic rings. The molecule has 1 aromatic carbocycles. The van der Waals surface area contributed by atoms with Crippen LogP contribution in [0.3, 0.4) is 0 Å². The van der Waals surface area contributed by atoms with Gasteiger partial charge in [0.1, 0.15) is 5.82 Å². The van der Waals surface area contributed by atoms with Crippen LogP contribution in [0.1, 0.15) is 40.2 Å². The van der Waals surface area contributed by atoms with E-state index < -0.39 is 5.91 Å². The first-order valence-electron chi connectivity index (χ1n) is 7.20. The summed E-state index contributed by atoms with van der Waals surface area (Å²) in [5, 5.41) is 7.55. The molecule has 1 aliphatic carbocycles. The van der Waals surface area contributed by atoms with Crippen LogP contribution in [-0.4, -0.2) is 16.7 Å². The first kappa shape index (κ1) is 14.8. The predicted molar refractivity (Wildman–Crippen MR) is 89.2 cm³/mol. The van der Waals surface area contributed by atoms with Gasteiger partial charge in [0.05, 0.1) is 11.3 Å². The maximum Gasteiger partial charge on any atom is 0.260 e. The van der Waals surface area contributed by atoms with Crippen molar-refractivity contribution >= 4 is 23.6 Å². The first-order valence-corrected chi connectivity index (χ1v) is 7.20. The Morgan fingerprint density at radius 1 is 1.30 bits per heavy atom. The van der Waals surface area contributed by atoms with E-state index in [0.717, 1.165) is 19.1 Å². The van der Waals surface area contributed by atoms with E-state index in [2.05, 4.69) is 0 Å². The number of anilines is 2. The molecule has 7 heteroatoms. The van der Waals surface area contributed by atoms with E-state index in [1.807, 2.05) is 0 Å². The summed E-state index contributed by atoms with van der Waals surface area (Å²) in [6, 6.07) is 6.42. The van der Waals surface area contributed by atoms with Crippen LogP contribution in [0.25, 0.3) is 5.69 Å². The number of nitrogens with two attached hydrogens (primary N) is 3. The number of nitrogens with zero attached hydrogens (tertiary/aromatic N) is 1. The molecule has 1 aromatic heterocycles. The standard InChI is InChI=1S/C16H17N5O2/c17-7-11-12(18)2-1-3-13(11)21-14(19)10(15(20)22)6-9(16(21)23)8-4-5-8/h1-3,6-8,17H,4-5,18-19H2,(H2,20,22). The van der Waals surface area contributed by atoms with E-state index in [1.165, 1.54) is 10.6 Å². The molecule has 0 unspecified atom stereocenters. The maximum absolute atomic E-state index is 12.8. The van der Waals surface area contributed by atoms with Gasteiger partial charge in [0.25, 0.3) is 11.5 Å². The number of carbonyl (C=O) groups is 1. The Labute approximate surface area is 132 Å². The van der Waals surface area contributed by atoms with Crippen LogP contribution in [0.15, 0.2) is 29.1 Å². The summed E-state index contributed by atoms with van der Waals surface area (Å²) < 4.78 is 1.23. The maximum atomic E-state index is 12.8. The Hall–Kier alpha value is -3.09. The zero-order valence-electron chi connectivity index (χ0n) is 12.4. The highest BCUT2D eigenvalue weighted by atomic mass is 16.1. The average Bonchev–Trinajstić information content (AvgIpc) is 3.32. The molecule has 0 radical (unpaired) electrons. The van der Waals surface area contributed by atoms with Crippen LogP contribution in [-0.2, 0) is 0 Å². The highest BCUT2D eigenvalue weighted by molar-refractivity contribution is 5.98. The van der Waals surface area contributed by atoms with Crippen LogP contribution >= 0.6 is 0 Å². The van der Waals surface area contributed by atoms with E-state index in [0.29, 0.717) is 22.5 Å². The fourth-order valence-corrected chi connectivity index (χ4v) is 2.70. The molecule has 1 saturated carbocycles. The van der Waals surface area contributed by atoms with Crippen molar-refractivity contribution in [1.29, 1.82) is 5.41 Å². The number of nitrogens with one attached hydrogen (secondary N) is 1. The summed E-state index contributed by atoms with van der Waals surface area (Å²) in [6.45, 7) is 0. The van der Waals surface area contributed by atoms with Gasteiger partial charge in [-0.15, -0.1) is 0 Å². The number of pyridine rings is 1. The molecule has 23 heavy (non-hydrogen) atoms. The van der Waals surface area contributed by atoms with Gasteiger partial charge in [-0.2, -0.15) is 0 Å². The van der Waals surface area contributed by atoms with Crippen LogP contribution in [0.2, 0.25) is 0 Å². The smallest absolute Gasteiger partial charge is 0.260 e. The minimum Gasteiger partial charge on any atom is -0.398 e. The van der Waals surface area contributed by atoms with Crippen molar-refractivity contribution in [2.45, 2.75) is 18.8 Å². The summed E-state index contributed by atoms with van der Waals surface area (Å²) in [7, 11) is 0. The van der Waals surface area contributed by atoms with E-state index in [-0.39, 0.29) is 22.9 Å². The molecule has 118 valence electrons. The van der Waals surface area contributed by atoms with Crippen molar-refractivity contribution in [2.75, 3.05) is 11.5 Å². The molecule has 0 atom stereocenters.